The molecule has 1 rings (SSSR count). The van der Waals surface area contributed by atoms with Crippen LogP contribution in [0.3, 0.4) is 0 Å². The van der Waals surface area contributed by atoms with Gasteiger partial charge in [0.15, 0.2) is 0 Å². The van der Waals surface area contributed by atoms with Gasteiger partial charge in [-0.25, -0.2) is 9.59 Å². The summed E-state index contributed by atoms with van der Waals surface area (Å²) in [7, 11) is 1.45. The molecule has 0 aromatic heterocycles. The van der Waals surface area contributed by atoms with Crippen LogP contribution >= 0.6 is 0 Å². The first-order chi connectivity index (χ1) is 8.40. The molecule has 1 saturated heterocycles. The summed E-state index contributed by atoms with van der Waals surface area (Å²) in [6.45, 7) is 4.12. The molecule has 0 radical (unpaired) electrons. The summed E-state index contributed by atoms with van der Waals surface area (Å²) in [5, 5.41) is 11.7. The second-order valence-electron chi connectivity index (χ2n) is 4.32. The number of urea groups is 1. The lowest BCUT2D eigenvalue weighted by molar-refractivity contribution is -0.142. The van der Waals surface area contributed by atoms with E-state index in [-0.39, 0.29) is 5.91 Å². The van der Waals surface area contributed by atoms with Crippen LogP contribution in [0.4, 0.5) is 4.79 Å². The molecule has 18 heavy (non-hydrogen) atoms. The zero-order chi connectivity index (χ0) is 13.9. The maximum absolute atomic E-state index is 12.2. The van der Waals surface area contributed by atoms with Crippen molar-refractivity contribution in [3.05, 3.63) is 0 Å². The molecule has 7 nitrogen and oxygen atoms in total. The van der Waals surface area contributed by atoms with E-state index in [4.69, 9.17) is 5.11 Å². The maximum Gasteiger partial charge on any atom is 0.326 e. The summed E-state index contributed by atoms with van der Waals surface area (Å²) >= 11 is 0. The summed E-state index contributed by atoms with van der Waals surface area (Å²) in [6, 6.07) is -1.86. The Kier molecular flexibility index (Phi) is 4.52. The Labute approximate surface area is 106 Å². The minimum Gasteiger partial charge on any atom is -0.480 e. The number of amides is 3. The first kappa shape index (κ1) is 14.3. The van der Waals surface area contributed by atoms with Gasteiger partial charge >= 0.3 is 12.0 Å². The molecule has 0 bridgehead atoms. The highest BCUT2D eigenvalue weighted by Crippen LogP contribution is 2.11. The highest BCUT2D eigenvalue weighted by molar-refractivity contribution is 5.89. The lowest BCUT2D eigenvalue weighted by atomic mass is 10.2. The number of piperazine rings is 1. The molecule has 2 unspecified atom stereocenters. The van der Waals surface area contributed by atoms with Gasteiger partial charge in [-0.15, -0.1) is 0 Å². The number of carbonyl (C=O) groups excluding carboxylic acids is 2. The first-order valence-corrected chi connectivity index (χ1v) is 5.94. The number of nitrogens with zero attached hydrogens (tertiary/aromatic N) is 2. The Hall–Kier alpha value is -1.79. The van der Waals surface area contributed by atoms with Crippen molar-refractivity contribution in [2.75, 3.05) is 20.1 Å². The molecule has 0 saturated carbocycles. The van der Waals surface area contributed by atoms with Crippen LogP contribution in [0.5, 0.6) is 0 Å². The zero-order valence-corrected chi connectivity index (χ0v) is 10.8. The largest absolute Gasteiger partial charge is 0.480 e. The van der Waals surface area contributed by atoms with E-state index in [0.717, 1.165) is 0 Å². The minimum atomic E-state index is -1.04. The van der Waals surface area contributed by atoms with Gasteiger partial charge in [-0.05, 0) is 13.3 Å². The van der Waals surface area contributed by atoms with E-state index in [0.29, 0.717) is 19.5 Å². The minimum absolute atomic E-state index is 0.216. The van der Waals surface area contributed by atoms with Gasteiger partial charge in [-0.1, -0.05) is 6.92 Å². The van der Waals surface area contributed by atoms with Crippen LogP contribution in [0, 0.1) is 0 Å². The third kappa shape index (κ3) is 2.72. The van der Waals surface area contributed by atoms with Gasteiger partial charge in [0.2, 0.25) is 5.91 Å². The highest BCUT2D eigenvalue weighted by Gasteiger charge is 2.34. The SMILES string of the molecule is CCC(C(=O)O)N(C)C(=O)N1CCNC(=O)C1C. The van der Waals surface area contributed by atoms with Gasteiger partial charge in [-0.2, -0.15) is 0 Å². The van der Waals surface area contributed by atoms with Gasteiger partial charge in [0, 0.05) is 20.1 Å². The van der Waals surface area contributed by atoms with Crippen molar-refractivity contribution in [3.8, 4) is 0 Å². The summed E-state index contributed by atoms with van der Waals surface area (Å²) in [5.41, 5.74) is 0. The number of likely N-dealkylation sites (N-methyl/N-ethyl adjacent to an activating group) is 1. The summed E-state index contributed by atoms with van der Waals surface area (Å²) in [6.07, 6.45) is 0.325. The van der Waals surface area contributed by atoms with Gasteiger partial charge < -0.3 is 20.2 Å². The Morgan fingerprint density at radius 2 is 2.22 bits per heavy atom. The number of carboxylic acids is 1. The second-order valence-corrected chi connectivity index (χ2v) is 4.32. The third-order valence-electron chi connectivity index (χ3n) is 3.19. The molecule has 1 fully saturated rings. The lowest BCUT2D eigenvalue weighted by Gasteiger charge is -2.37. The van der Waals surface area contributed by atoms with E-state index >= 15 is 0 Å². The Morgan fingerprint density at radius 1 is 1.61 bits per heavy atom. The second kappa shape index (κ2) is 5.70. The molecular weight excluding hydrogens is 238 g/mol. The fourth-order valence-electron chi connectivity index (χ4n) is 1.99. The maximum atomic E-state index is 12.2. The summed E-state index contributed by atoms with van der Waals surface area (Å²) in [5.74, 6) is -1.26. The number of rotatable bonds is 3. The molecule has 1 heterocycles. The average molecular weight is 257 g/mol. The van der Waals surface area contributed by atoms with Crippen LogP contribution in [0.25, 0.3) is 0 Å². The van der Waals surface area contributed by atoms with Gasteiger partial charge in [0.05, 0.1) is 0 Å². The molecule has 2 atom stereocenters. The molecule has 3 amide bonds. The van der Waals surface area contributed by atoms with E-state index in [2.05, 4.69) is 5.32 Å². The summed E-state index contributed by atoms with van der Waals surface area (Å²) in [4.78, 5) is 37.2. The molecule has 7 heteroatoms. The van der Waals surface area contributed by atoms with Crippen molar-refractivity contribution in [1.82, 2.24) is 15.1 Å². The van der Waals surface area contributed by atoms with E-state index in [1.165, 1.54) is 16.8 Å². The van der Waals surface area contributed by atoms with Crippen LogP contribution < -0.4 is 5.32 Å². The molecule has 2 N–H and O–H groups in total. The number of hydrogen-bond acceptors (Lipinski definition) is 3. The topological polar surface area (TPSA) is 89.9 Å². The van der Waals surface area contributed by atoms with E-state index in [1.54, 1.807) is 13.8 Å². The molecule has 0 aromatic rings. The number of aliphatic carboxylic acids is 1. The smallest absolute Gasteiger partial charge is 0.326 e. The molecule has 0 aliphatic carbocycles. The van der Waals surface area contributed by atoms with Crippen molar-refractivity contribution in [2.45, 2.75) is 32.4 Å². The number of carboxylic acid groups (broad SMARTS) is 1. The number of hydrogen-bond donors (Lipinski definition) is 2. The van der Waals surface area contributed by atoms with E-state index in [1.807, 2.05) is 0 Å². The van der Waals surface area contributed by atoms with E-state index < -0.39 is 24.1 Å². The fraction of sp³-hybridized carbons (Fsp3) is 0.727. The Morgan fingerprint density at radius 3 is 2.72 bits per heavy atom. The van der Waals surface area contributed by atoms with Crippen LogP contribution in [0.15, 0.2) is 0 Å². The van der Waals surface area contributed by atoms with Gasteiger partial charge in [0.25, 0.3) is 0 Å². The first-order valence-electron chi connectivity index (χ1n) is 5.94. The zero-order valence-electron chi connectivity index (χ0n) is 10.8. The monoisotopic (exact) mass is 257 g/mol. The quantitative estimate of drug-likeness (QED) is 0.727. The van der Waals surface area contributed by atoms with Crippen molar-refractivity contribution in [3.63, 3.8) is 0 Å². The third-order valence-corrected chi connectivity index (χ3v) is 3.19. The van der Waals surface area contributed by atoms with Crippen molar-refractivity contribution in [1.29, 1.82) is 0 Å². The fourth-order valence-corrected chi connectivity index (χ4v) is 1.99. The van der Waals surface area contributed by atoms with Crippen molar-refractivity contribution in [2.24, 2.45) is 0 Å². The number of nitrogens with one attached hydrogen (secondary N) is 1. The Bertz CT molecular complexity index is 358. The standard InChI is InChI=1S/C11H19N3O4/c1-4-8(10(16)17)13(3)11(18)14-6-5-12-9(15)7(14)2/h7-8H,4-6H2,1-3H3,(H,12,15)(H,16,17). The Balaban J connectivity index is 2.79. The normalized spacial score (nSPS) is 21.2. The van der Waals surface area contributed by atoms with Crippen molar-refractivity contribution >= 4 is 17.9 Å². The molecule has 102 valence electrons. The predicted octanol–water partition coefficient (Wildman–Crippen LogP) is -0.278. The average Bonchev–Trinajstić information content (AvgIpc) is 2.32. The lowest BCUT2D eigenvalue weighted by Crippen LogP contribution is -2.60. The van der Waals surface area contributed by atoms with E-state index in [9.17, 15) is 14.4 Å². The van der Waals surface area contributed by atoms with Crippen molar-refractivity contribution < 1.29 is 19.5 Å². The van der Waals surface area contributed by atoms with Gasteiger partial charge in [-0.3, -0.25) is 4.79 Å². The number of carbonyl (C=O) groups is 3. The molecular formula is C11H19N3O4. The molecule has 0 aromatic carbocycles. The summed E-state index contributed by atoms with van der Waals surface area (Å²) < 4.78 is 0. The van der Waals surface area contributed by atoms with Gasteiger partial charge in [0.1, 0.15) is 12.1 Å². The van der Waals surface area contributed by atoms with Crippen LogP contribution in [0.1, 0.15) is 20.3 Å². The molecule has 1 aliphatic rings. The molecule has 1 aliphatic heterocycles. The highest BCUT2D eigenvalue weighted by atomic mass is 16.4. The predicted molar refractivity (Wildman–Crippen MR) is 64.1 cm³/mol. The van der Waals surface area contributed by atoms with Crippen LogP contribution in [0.2, 0.25) is 0 Å². The molecule has 0 spiro atoms. The van der Waals surface area contributed by atoms with Crippen LogP contribution in [-0.4, -0.2) is 65.0 Å². The van der Waals surface area contributed by atoms with Crippen LogP contribution in [-0.2, 0) is 9.59 Å².